The molecule has 0 bridgehead atoms. The van der Waals surface area contributed by atoms with E-state index in [4.69, 9.17) is 11.6 Å². The topological polar surface area (TPSA) is 25.8 Å². The number of aryl methyl sites for hydroxylation is 1. The first-order valence-electron chi connectivity index (χ1n) is 5.89. The molecule has 100 valence electrons. The Labute approximate surface area is 130 Å². The maximum atomic E-state index is 13.3. The van der Waals surface area contributed by atoms with Crippen molar-refractivity contribution in [2.24, 2.45) is 0 Å². The SMILES string of the molecule is Cc1cc(-c2nc(Cl)c(I)c(C(C)C)n2)ccc1F. The molecule has 19 heavy (non-hydrogen) atoms. The highest BCUT2D eigenvalue weighted by Gasteiger charge is 2.15. The van der Waals surface area contributed by atoms with E-state index in [-0.39, 0.29) is 11.7 Å². The first-order valence-corrected chi connectivity index (χ1v) is 7.35. The average Bonchev–Trinajstić information content (AvgIpc) is 2.35. The van der Waals surface area contributed by atoms with Crippen molar-refractivity contribution in [3.8, 4) is 11.4 Å². The van der Waals surface area contributed by atoms with E-state index in [9.17, 15) is 4.39 Å². The van der Waals surface area contributed by atoms with Crippen molar-refractivity contribution in [1.29, 1.82) is 0 Å². The van der Waals surface area contributed by atoms with Crippen LogP contribution in [0.4, 0.5) is 4.39 Å². The first kappa shape index (κ1) is 14.7. The van der Waals surface area contributed by atoms with Crippen molar-refractivity contribution in [2.75, 3.05) is 0 Å². The minimum absolute atomic E-state index is 0.232. The molecular formula is C14H13ClFIN2. The Hall–Kier alpha value is -0.750. The fourth-order valence-corrected chi connectivity index (χ4v) is 2.77. The number of benzene rings is 1. The molecular weight excluding hydrogens is 378 g/mol. The molecule has 2 nitrogen and oxygen atoms in total. The van der Waals surface area contributed by atoms with Gasteiger partial charge in [-0.05, 0) is 59.2 Å². The number of nitrogens with zero attached hydrogens (tertiary/aromatic N) is 2. The van der Waals surface area contributed by atoms with Crippen molar-refractivity contribution in [3.05, 3.63) is 44.0 Å². The molecule has 0 unspecified atom stereocenters. The van der Waals surface area contributed by atoms with Crippen molar-refractivity contribution >= 4 is 34.2 Å². The molecule has 0 amide bonds. The summed E-state index contributed by atoms with van der Waals surface area (Å²) in [6, 6.07) is 4.83. The van der Waals surface area contributed by atoms with Crippen molar-refractivity contribution in [3.63, 3.8) is 0 Å². The number of aromatic nitrogens is 2. The minimum Gasteiger partial charge on any atom is -0.232 e. The van der Waals surface area contributed by atoms with Gasteiger partial charge in [0, 0.05) is 5.56 Å². The fourth-order valence-electron chi connectivity index (χ4n) is 1.73. The van der Waals surface area contributed by atoms with Gasteiger partial charge in [-0.1, -0.05) is 25.4 Å². The lowest BCUT2D eigenvalue weighted by Gasteiger charge is -2.11. The predicted octanol–water partition coefficient (Wildman–Crippen LogP) is 4.97. The van der Waals surface area contributed by atoms with Crippen LogP contribution in [0, 0.1) is 16.3 Å². The van der Waals surface area contributed by atoms with Crippen LogP contribution in [-0.2, 0) is 0 Å². The maximum Gasteiger partial charge on any atom is 0.161 e. The summed E-state index contributed by atoms with van der Waals surface area (Å²) in [6.07, 6.45) is 0. The third-order valence-electron chi connectivity index (χ3n) is 2.80. The summed E-state index contributed by atoms with van der Waals surface area (Å²) >= 11 is 8.30. The van der Waals surface area contributed by atoms with Gasteiger partial charge in [-0.3, -0.25) is 0 Å². The maximum absolute atomic E-state index is 13.3. The molecule has 0 atom stereocenters. The zero-order chi connectivity index (χ0) is 14.2. The molecule has 0 aliphatic heterocycles. The lowest BCUT2D eigenvalue weighted by Crippen LogP contribution is -2.02. The third kappa shape index (κ3) is 3.05. The van der Waals surface area contributed by atoms with Gasteiger partial charge >= 0.3 is 0 Å². The monoisotopic (exact) mass is 390 g/mol. The van der Waals surface area contributed by atoms with Crippen LogP contribution in [0.2, 0.25) is 5.15 Å². The van der Waals surface area contributed by atoms with E-state index in [1.807, 2.05) is 0 Å². The van der Waals surface area contributed by atoms with Crippen LogP contribution in [0.25, 0.3) is 11.4 Å². The summed E-state index contributed by atoms with van der Waals surface area (Å²) in [4.78, 5) is 8.83. The van der Waals surface area contributed by atoms with Crippen molar-refractivity contribution in [1.82, 2.24) is 9.97 Å². The minimum atomic E-state index is -0.232. The Morgan fingerprint density at radius 1 is 1.26 bits per heavy atom. The Morgan fingerprint density at radius 3 is 2.53 bits per heavy atom. The summed E-state index contributed by atoms with van der Waals surface area (Å²) in [5.41, 5.74) is 2.26. The van der Waals surface area contributed by atoms with Crippen molar-refractivity contribution < 1.29 is 4.39 Å². The summed E-state index contributed by atoms with van der Waals surface area (Å²) in [5, 5.41) is 0.441. The highest BCUT2D eigenvalue weighted by Crippen LogP contribution is 2.28. The smallest absolute Gasteiger partial charge is 0.161 e. The van der Waals surface area contributed by atoms with Crippen LogP contribution >= 0.6 is 34.2 Å². The van der Waals surface area contributed by atoms with Crippen LogP contribution in [-0.4, -0.2) is 9.97 Å². The van der Waals surface area contributed by atoms with Gasteiger partial charge in [0.25, 0.3) is 0 Å². The lowest BCUT2D eigenvalue weighted by molar-refractivity contribution is 0.618. The molecule has 1 aromatic heterocycles. The van der Waals surface area contributed by atoms with Crippen LogP contribution < -0.4 is 0 Å². The Morgan fingerprint density at radius 2 is 1.95 bits per heavy atom. The lowest BCUT2D eigenvalue weighted by atomic mass is 10.1. The number of rotatable bonds is 2. The van der Waals surface area contributed by atoms with Crippen LogP contribution in [0.15, 0.2) is 18.2 Å². The second-order valence-corrected chi connectivity index (χ2v) is 6.09. The molecule has 0 saturated carbocycles. The van der Waals surface area contributed by atoms with E-state index in [2.05, 4.69) is 46.4 Å². The third-order valence-corrected chi connectivity index (χ3v) is 4.46. The van der Waals surface area contributed by atoms with Gasteiger partial charge in [-0.2, -0.15) is 0 Å². The van der Waals surface area contributed by atoms with Gasteiger partial charge in [-0.25, -0.2) is 14.4 Å². The quantitative estimate of drug-likeness (QED) is 0.534. The molecule has 0 saturated heterocycles. The molecule has 0 aliphatic carbocycles. The summed E-state index contributed by atoms with van der Waals surface area (Å²) in [6.45, 7) is 5.83. The molecule has 1 heterocycles. The molecule has 1 aromatic carbocycles. The van der Waals surface area contributed by atoms with Gasteiger partial charge in [-0.15, -0.1) is 0 Å². The van der Waals surface area contributed by atoms with E-state index >= 15 is 0 Å². The molecule has 0 fully saturated rings. The second kappa shape index (κ2) is 5.71. The van der Waals surface area contributed by atoms with E-state index < -0.39 is 0 Å². The van der Waals surface area contributed by atoms with E-state index in [1.165, 1.54) is 6.07 Å². The number of hydrogen-bond acceptors (Lipinski definition) is 2. The van der Waals surface area contributed by atoms with Gasteiger partial charge in [0.15, 0.2) is 5.82 Å². The van der Waals surface area contributed by atoms with E-state index in [0.29, 0.717) is 16.5 Å². The molecule has 0 aliphatic rings. The largest absolute Gasteiger partial charge is 0.232 e. The van der Waals surface area contributed by atoms with E-state index in [0.717, 1.165) is 14.8 Å². The van der Waals surface area contributed by atoms with Gasteiger partial charge in [0.1, 0.15) is 11.0 Å². The van der Waals surface area contributed by atoms with Gasteiger partial charge in [0.05, 0.1) is 9.26 Å². The Kier molecular flexibility index (Phi) is 4.40. The standard InChI is InChI=1S/C14H13ClFIN2/c1-7(2)12-11(17)13(15)19-14(18-12)9-4-5-10(16)8(3)6-9/h4-7H,1-3H3. The number of hydrogen-bond donors (Lipinski definition) is 0. The van der Waals surface area contributed by atoms with Gasteiger partial charge < -0.3 is 0 Å². The zero-order valence-electron chi connectivity index (χ0n) is 10.8. The summed E-state index contributed by atoms with van der Waals surface area (Å²) < 4.78 is 14.2. The second-order valence-electron chi connectivity index (χ2n) is 4.66. The average molecular weight is 391 g/mol. The number of halogens is 3. The highest BCUT2D eigenvalue weighted by molar-refractivity contribution is 14.1. The molecule has 5 heteroatoms. The summed E-state index contributed by atoms with van der Waals surface area (Å²) in [5.74, 6) is 0.564. The van der Waals surface area contributed by atoms with Gasteiger partial charge in [0.2, 0.25) is 0 Å². The molecule has 2 aromatic rings. The van der Waals surface area contributed by atoms with Crippen LogP contribution in [0.3, 0.4) is 0 Å². The Balaban J connectivity index is 2.59. The highest BCUT2D eigenvalue weighted by atomic mass is 127. The van der Waals surface area contributed by atoms with E-state index in [1.54, 1.807) is 19.1 Å². The van der Waals surface area contributed by atoms with Crippen LogP contribution in [0.1, 0.15) is 31.0 Å². The molecule has 0 spiro atoms. The normalized spacial score (nSPS) is 11.1. The fraction of sp³-hybridized carbons (Fsp3) is 0.286. The summed E-state index contributed by atoms with van der Waals surface area (Å²) in [7, 11) is 0. The molecule has 0 radical (unpaired) electrons. The predicted molar refractivity (Wildman–Crippen MR) is 84.0 cm³/mol. The molecule has 0 N–H and O–H groups in total. The Bertz CT molecular complexity index is 629. The van der Waals surface area contributed by atoms with Crippen molar-refractivity contribution in [2.45, 2.75) is 26.7 Å². The zero-order valence-corrected chi connectivity index (χ0v) is 13.8. The first-order chi connectivity index (χ1) is 8.90. The molecule has 2 rings (SSSR count). The van der Waals surface area contributed by atoms with Crippen LogP contribution in [0.5, 0.6) is 0 Å².